The molecule has 0 bridgehead atoms. The van der Waals surface area contributed by atoms with Gasteiger partial charge < -0.3 is 15.6 Å². The zero-order chi connectivity index (χ0) is 24.1. The molecule has 0 aliphatic rings. The molecular weight excluding hydrogens is 434 g/mol. The number of benzene rings is 2. The quantitative estimate of drug-likeness (QED) is 0.220. The third-order valence-electron chi connectivity index (χ3n) is 5.30. The van der Waals surface area contributed by atoms with E-state index in [1.807, 2.05) is 31.2 Å². The fourth-order valence-corrected chi connectivity index (χ4v) is 3.69. The zero-order valence-corrected chi connectivity index (χ0v) is 18.6. The summed E-state index contributed by atoms with van der Waals surface area (Å²) in [6.45, 7) is 2.21. The third-order valence-corrected chi connectivity index (χ3v) is 5.30. The molecule has 1 atom stereocenters. The molecule has 5 N–H and O–H groups in total. The standard InChI is InChI=1S/C24H25N7O3/c1-2-34-19-11-16(14-32)10-18(13-19)20(12-15-4-6-17(7-5-15)21(25)26)22-29-24(33)31(30-22)23-27-8-3-9-28-23/h3-11,13,20,32H,2,12,14H2,1H3,(H3,25,26)(H,29,30,33). The van der Waals surface area contributed by atoms with Gasteiger partial charge in [0.05, 0.1) is 13.2 Å². The Morgan fingerprint density at radius 2 is 1.91 bits per heavy atom. The molecule has 0 aliphatic carbocycles. The van der Waals surface area contributed by atoms with Gasteiger partial charge in [-0.15, -0.1) is 9.78 Å². The summed E-state index contributed by atoms with van der Waals surface area (Å²) in [4.78, 5) is 23.8. The second-order valence-electron chi connectivity index (χ2n) is 7.64. The number of H-pyrrole nitrogens is 1. The minimum absolute atomic E-state index is 0.00830. The average molecular weight is 460 g/mol. The Morgan fingerprint density at radius 3 is 2.56 bits per heavy atom. The Labute approximate surface area is 195 Å². The normalized spacial score (nSPS) is 11.8. The lowest BCUT2D eigenvalue weighted by atomic mass is 9.89. The fourth-order valence-electron chi connectivity index (χ4n) is 3.69. The van der Waals surface area contributed by atoms with Crippen LogP contribution in [0.15, 0.2) is 65.7 Å². The Hall–Kier alpha value is -4.31. The van der Waals surface area contributed by atoms with Crippen LogP contribution in [-0.2, 0) is 13.0 Å². The number of aromatic amines is 1. The van der Waals surface area contributed by atoms with Gasteiger partial charge in [0.2, 0.25) is 0 Å². The van der Waals surface area contributed by atoms with Crippen molar-refractivity contribution < 1.29 is 9.84 Å². The molecule has 2 heterocycles. The van der Waals surface area contributed by atoms with Crippen molar-refractivity contribution in [3.8, 4) is 11.7 Å². The van der Waals surface area contributed by atoms with Gasteiger partial charge in [0.25, 0.3) is 5.95 Å². The number of hydrogen-bond donors (Lipinski definition) is 4. The van der Waals surface area contributed by atoms with Crippen molar-refractivity contribution in [1.82, 2.24) is 24.7 Å². The molecule has 0 fully saturated rings. The number of nitrogens with one attached hydrogen (secondary N) is 2. The zero-order valence-electron chi connectivity index (χ0n) is 18.6. The van der Waals surface area contributed by atoms with Crippen molar-refractivity contribution in [2.24, 2.45) is 5.73 Å². The summed E-state index contributed by atoms with van der Waals surface area (Å²) in [5, 5.41) is 21.9. The summed E-state index contributed by atoms with van der Waals surface area (Å²) in [5.41, 5.74) is 8.21. The second-order valence-corrected chi connectivity index (χ2v) is 7.64. The van der Waals surface area contributed by atoms with Crippen molar-refractivity contribution in [3.63, 3.8) is 0 Å². The Bertz CT molecular complexity index is 1330. The molecule has 0 spiro atoms. The van der Waals surface area contributed by atoms with Crippen molar-refractivity contribution in [2.45, 2.75) is 25.9 Å². The number of aliphatic hydroxyl groups is 1. The first kappa shape index (κ1) is 22.9. The second kappa shape index (κ2) is 10.1. The molecular formula is C24H25N7O3. The monoisotopic (exact) mass is 459 g/mol. The van der Waals surface area contributed by atoms with Crippen LogP contribution in [-0.4, -0.2) is 42.3 Å². The van der Waals surface area contributed by atoms with Crippen LogP contribution in [0.25, 0.3) is 5.95 Å². The summed E-state index contributed by atoms with van der Waals surface area (Å²) in [6.07, 6.45) is 3.56. The van der Waals surface area contributed by atoms with E-state index in [2.05, 4.69) is 20.1 Å². The molecule has 10 nitrogen and oxygen atoms in total. The molecule has 174 valence electrons. The van der Waals surface area contributed by atoms with Crippen molar-refractivity contribution in [3.05, 3.63) is 99.5 Å². The summed E-state index contributed by atoms with van der Waals surface area (Å²) >= 11 is 0. The highest BCUT2D eigenvalue weighted by Gasteiger charge is 2.23. The molecule has 0 saturated carbocycles. The predicted molar refractivity (Wildman–Crippen MR) is 126 cm³/mol. The van der Waals surface area contributed by atoms with Crippen LogP contribution >= 0.6 is 0 Å². The molecule has 10 heteroatoms. The van der Waals surface area contributed by atoms with Gasteiger partial charge in [-0.05, 0) is 48.2 Å². The van der Waals surface area contributed by atoms with Gasteiger partial charge in [-0.3, -0.25) is 10.4 Å². The van der Waals surface area contributed by atoms with E-state index in [1.54, 1.807) is 24.3 Å². The van der Waals surface area contributed by atoms with Crippen LogP contribution in [0.3, 0.4) is 0 Å². The number of aromatic nitrogens is 5. The maximum Gasteiger partial charge on any atom is 0.350 e. The van der Waals surface area contributed by atoms with Crippen LogP contribution in [0, 0.1) is 5.41 Å². The topological polar surface area (TPSA) is 156 Å². The lowest BCUT2D eigenvalue weighted by Crippen LogP contribution is -2.18. The van der Waals surface area contributed by atoms with Crippen LogP contribution in [0.1, 0.15) is 40.9 Å². The fraction of sp³-hybridized carbons (Fsp3) is 0.208. The molecule has 0 saturated heterocycles. The maximum atomic E-state index is 12.7. The van der Waals surface area contributed by atoms with E-state index in [1.165, 1.54) is 12.4 Å². The largest absolute Gasteiger partial charge is 0.494 e. The minimum atomic E-state index is -0.457. The van der Waals surface area contributed by atoms with Crippen LogP contribution in [0.4, 0.5) is 0 Å². The summed E-state index contributed by atoms with van der Waals surface area (Å²) in [7, 11) is 0. The van der Waals surface area contributed by atoms with E-state index in [0.717, 1.165) is 15.8 Å². The molecule has 0 amide bonds. The number of nitrogens with zero attached hydrogens (tertiary/aromatic N) is 4. The minimum Gasteiger partial charge on any atom is -0.494 e. The highest BCUT2D eigenvalue weighted by atomic mass is 16.5. The predicted octanol–water partition coefficient (Wildman–Crippen LogP) is 1.90. The van der Waals surface area contributed by atoms with Gasteiger partial charge in [0.1, 0.15) is 17.4 Å². The molecule has 2 aromatic heterocycles. The smallest absolute Gasteiger partial charge is 0.350 e. The third kappa shape index (κ3) is 5.02. The number of ether oxygens (including phenoxy) is 1. The summed E-state index contributed by atoms with van der Waals surface area (Å²) in [6, 6.07) is 14.5. The van der Waals surface area contributed by atoms with Crippen molar-refractivity contribution in [2.75, 3.05) is 6.61 Å². The van der Waals surface area contributed by atoms with Crippen molar-refractivity contribution in [1.29, 1.82) is 5.41 Å². The van der Waals surface area contributed by atoms with E-state index in [9.17, 15) is 9.90 Å². The number of amidine groups is 1. The van der Waals surface area contributed by atoms with E-state index in [0.29, 0.717) is 35.7 Å². The van der Waals surface area contributed by atoms with E-state index in [-0.39, 0.29) is 24.3 Å². The lowest BCUT2D eigenvalue weighted by molar-refractivity contribution is 0.279. The first-order valence-corrected chi connectivity index (χ1v) is 10.8. The molecule has 4 rings (SSSR count). The van der Waals surface area contributed by atoms with Gasteiger partial charge >= 0.3 is 5.69 Å². The molecule has 34 heavy (non-hydrogen) atoms. The van der Waals surface area contributed by atoms with Gasteiger partial charge in [0.15, 0.2) is 0 Å². The summed E-state index contributed by atoms with van der Waals surface area (Å²) in [5.74, 6) is 0.830. The first-order chi connectivity index (χ1) is 16.5. The van der Waals surface area contributed by atoms with E-state index in [4.69, 9.17) is 15.9 Å². The SMILES string of the molecule is CCOc1cc(CO)cc(C(Cc2ccc(C(=N)N)cc2)c2nn(-c3ncccn3)c(=O)[nH]2)c1. The number of hydrogen-bond acceptors (Lipinski definition) is 7. The van der Waals surface area contributed by atoms with E-state index < -0.39 is 5.69 Å². The van der Waals surface area contributed by atoms with Gasteiger partial charge in [-0.1, -0.05) is 30.3 Å². The molecule has 0 radical (unpaired) electrons. The number of nitrogens with two attached hydrogens (primary N) is 1. The van der Waals surface area contributed by atoms with Gasteiger partial charge in [-0.2, -0.15) is 0 Å². The maximum absolute atomic E-state index is 12.7. The molecule has 4 aromatic rings. The molecule has 2 aromatic carbocycles. The Kier molecular flexibility index (Phi) is 6.79. The molecule has 1 unspecified atom stereocenters. The first-order valence-electron chi connectivity index (χ1n) is 10.8. The highest BCUT2D eigenvalue weighted by Crippen LogP contribution is 2.30. The van der Waals surface area contributed by atoms with Crippen LogP contribution in [0.2, 0.25) is 0 Å². The van der Waals surface area contributed by atoms with Gasteiger partial charge in [-0.25, -0.2) is 14.8 Å². The van der Waals surface area contributed by atoms with Crippen LogP contribution in [0.5, 0.6) is 5.75 Å². The van der Waals surface area contributed by atoms with Crippen LogP contribution < -0.4 is 16.2 Å². The number of aliphatic hydroxyl groups excluding tert-OH is 1. The molecule has 0 aliphatic heterocycles. The summed E-state index contributed by atoms with van der Waals surface area (Å²) < 4.78 is 6.82. The lowest BCUT2D eigenvalue weighted by Gasteiger charge is -2.18. The Morgan fingerprint density at radius 1 is 1.18 bits per heavy atom. The van der Waals surface area contributed by atoms with Gasteiger partial charge in [0, 0.05) is 23.9 Å². The average Bonchev–Trinajstić information content (AvgIpc) is 3.24. The Balaban J connectivity index is 1.80. The number of rotatable bonds is 9. The highest BCUT2D eigenvalue weighted by molar-refractivity contribution is 5.94. The number of nitrogen functional groups attached to an aromatic ring is 1. The van der Waals surface area contributed by atoms with E-state index >= 15 is 0 Å². The van der Waals surface area contributed by atoms with Crippen molar-refractivity contribution >= 4 is 5.84 Å².